The molecule has 1 aromatic carbocycles. The molecule has 1 amide bonds. The molecule has 1 aliphatic carbocycles. The molecule has 5 heteroatoms. The summed E-state index contributed by atoms with van der Waals surface area (Å²) in [6.45, 7) is 5.43. The van der Waals surface area contributed by atoms with Crippen LogP contribution in [0.1, 0.15) is 31.2 Å². The number of carbonyl (C=O) groups excluding carboxylic acids is 1. The second-order valence-corrected chi connectivity index (χ2v) is 7.50. The Morgan fingerprint density at radius 1 is 1.04 bits per heavy atom. The zero-order valence-electron chi connectivity index (χ0n) is 15.5. The molecule has 1 atom stereocenters. The molecular formula is C21H29N3O2. The van der Waals surface area contributed by atoms with Crippen LogP contribution in [0, 0.1) is 0 Å². The Morgan fingerprint density at radius 3 is 2.62 bits per heavy atom. The third kappa shape index (κ3) is 4.00. The van der Waals surface area contributed by atoms with Crippen LogP contribution in [0.3, 0.4) is 0 Å². The number of morpholine rings is 1. The Hall–Kier alpha value is -1.69. The lowest BCUT2D eigenvalue weighted by Crippen LogP contribution is -2.57. The summed E-state index contributed by atoms with van der Waals surface area (Å²) in [5, 5.41) is 2.20. The number of hydrogen-bond acceptors (Lipinski definition) is 4. The minimum Gasteiger partial charge on any atom is -0.379 e. The van der Waals surface area contributed by atoms with E-state index in [0.717, 1.165) is 70.6 Å². The van der Waals surface area contributed by atoms with E-state index < -0.39 is 0 Å². The largest absolute Gasteiger partial charge is 0.379 e. The molecule has 5 nitrogen and oxygen atoms in total. The van der Waals surface area contributed by atoms with E-state index in [-0.39, 0.29) is 11.9 Å². The minimum atomic E-state index is 0.131. The fraction of sp³-hybridized carbons (Fsp3) is 0.571. The van der Waals surface area contributed by atoms with Crippen molar-refractivity contribution >= 4 is 5.91 Å². The van der Waals surface area contributed by atoms with E-state index >= 15 is 0 Å². The summed E-state index contributed by atoms with van der Waals surface area (Å²) < 4.78 is 5.45. The van der Waals surface area contributed by atoms with Crippen molar-refractivity contribution < 1.29 is 9.53 Å². The maximum absolute atomic E-state index is 12.6. The van der Waals surface area contributed by atoms with Gasteiger partial charge in [0.15, 0.2) is 0 Å². The predicted molar refractivity (Wildman–Crippen MR) is 102 cm³/mol. The molecule has 0 bridgehead atoms. The Bertz CT molecular complexity index is 652. The second kappa shape index (κ2) is 8.33. The van der Waals surface area contributed by atoms with E-state index in [1.807, 2.05) is 0 Å². The van der Waals surface area contributed by atoms with Crippen molar-refractivity contribution in [1.82, 2.24) is 15.3 Å². The van der Waals surface area contributed by atoms with Crippen molar-refractivity contribution in [3.05, 3.63) is 47.0 Å². The first kappa shape index (κ1) is 17.7. The predicted octanol–water partition coefficient (Wildman–Crippen LogP) is 2.15. The molecule has 0 spiro atoms. The number of nitrogens with one attached hydrogen (secondary N) is 1. The highest BCUT2D eigenvalue weighted by atomic mass is 16.5. The number of amides is 1. The molecule has 2 heterocycles. The summed E-state index contributed by atoms with van der Waals surface area (Å²) in [4.78, 5) is 15.1. The Morgan fingerprint density at radius 2 is 1.81 bits per heavy atom. The first-order chi connectivity index (χ1) is 12.8. The Labute approximate surface area is 156 Å². The number of hydrazine groups is 1. The second-order valence-electron chi connectivity index (χ2n) is 7.50. The molecule has 1 saturated heterocycles. The van der Waals surface area contributed by atoms with E-state index in [1.165, 1.54) is 17.6 Å². The highest BCUT2D eigenvalue weighted by molar-refractivity contribution is 5.95. The van der Waals surface area contributed by atoms with E-state index in [0.29, 0.717) is 0 Å². The maximum atomic E-state index is 12.6. The lowest BCUT2D eigenvalue weighted by atomic mass is 9.83. The van der Waals surface area contributed by atoms with E-state index in [4.69, 9.17) is 4.74 Å². The number of carbonyl (C=O) groups is 1. The van der Waals surface area contributed by atoms with Crippen molar-refractivity contribution in [3.63, 3.8) is 0 Å². The SMILES string of the molecule is O=C1NN(CCN2CCOCC2)C(Cc2ccccc2)C2=C1CCCC2. The van der Waals surface area contributed by atoms with Gasteiger partial charge in [-0.2, -0.15) is 0 Å². The van der Waals surface area contributed by atoms with Gasteiger partial charge < -0.3 is 4.74 Å². The molecule has 1 unspecified atom stereocenters. The van der Waals surface area contributed by atoms with Crippen LogP contribution in [0.15, 0.2) is 41.5 Å². The van der Waals surface area contributed by atoms with Crippen molar-refractivity contribution in [2.45, 2.75) is 38.1 Å². The van der Waals surface area contributed by atoms with Crippen molar-refractivity contribution in [2.24, 2.45) is 0 Å². The highest BCUT2D eigenvalue weighted by Crippen LogP contribution is 2.33. The molecule has 1 fully saturated rings. The van der Waals surface area contributed by atoms with Gasteiger partial charge in [-0.15, -0.1) is 0 Å². The number of ether oxygens (including phenoxy) is 1. The van der Waals surface area contributed by atoms with Gasteiger partial charge in [0.25, 0.3) is 5.91 Å². The Kier molecular flexibility index (Phi) is 5.68. The van der Waals surface area contributed by atoms with E-state index in [9.17, 15) is 4.79 Å². The highest BCUT2D eigenvalue weighted by Gasteiger charge is 2.35. The molecule has 3 aliphatic rings. The van der Waals surface area contributed by atoms with Crippen LogP contribution in [-0.4, -0.2) is 61.3 Å². The number of nitrogens with zero attached hydrogens (tertiary/aromatic N) is 2. The third-order valence-corrected chi connectivity index (χ3v) is 5.84. The third-order valence-electron chi connectivity index (χ3n) is 5.84. The Balaban J connectivity index is 1.52. The van der Waals surface area contributed by atoms with Gasteiger partial charge in [0, 0.05) is 31.8 Å². The molecule has 2 aliphatic heterocycles. The zero-order valence-corrected chi connectivity index (χ0v) is 15.5. The summed E-state index contributed by atoms with van der Waals surface area (Å²) in [6.07, 6.45) is 5.30. The summed E-state index contributed by atoms with van der Waals surface area (Å²) in [7, 11) is 0. The number of hydrogen-bond donors (Lipinski definition) is 1. The minimum absolute atomic E-state index is 0.131. The summed E-state index contributed by atoms with van der Waals surface area (Å²) in [6, 6.07) is 10.9. The quantitative estimate of drug-likeness (QED) is 0.879. The van der Waals surface area contributed by atoms with Crippen molar-refractivity contribution in [1.29, 1.82) is 0 Å². The van der Waals surface area contributed by atoms with Gasteiger partial charge in [0.1, 0.15) is 0 Å². The van der Waals surface area contributed by atoms with Gasteiger partial charge in [0.05, 0.1) is 19.3 Å². The topological polar surface area (TPSA) is 44.8 Å². The molecular weight excluding hydrogens is 326 g/mol. The molecule has 26 heavy (non-hydrogen) atoms. The average Bonchev–Trinajstić information content (AvgIpc) is 2.70. The normalized spacial score (nSPS) is 25.1. The first-order valence-corrected chi connectivity index (χ1v) is 9.95. The summed E-state index contributed by atoms with van der Waals surface area (Å²) in [5.41, 5.74) is 6.98. The lowest BCUT2D eigenvalue weighted by Gasteiger charge is -2.41. The maximum Gasteiger partial charge on any atom is 0.261 e. The monoisotopic (exact) mass is 355 g/mol. The molecule has 0 radical (unpaired) electrons. The van der Waals surface area contributed by atoms with Crippen molar-refractivity contribution in [2.75, 3.05) is 39.4 Å². The van der Waals surface area contributed by atoms with Crippen LogP contribution >= 0.6 is 0 Å². The smallest absolute Gasteiger partial charge is 0.261 e. The molecule has 1 aromatic rings. The standard InChI is InChI=1S/C21H29N3O2/c25-21-19-9-5-4-8-18(19)20(16-17-6-2-1-3-7-17)24(22-21)11-10-23-12-14-26-15-13-23/h1-3,6-7,20H,4-5,8-16H2,(H,22,25). The van der Waals surface area contributed by atoms with E-state index in [1.54, 1.807) is 0 Å². The van der Waals surface area contributed by atoms with Crippen LogP contribution in [0.2, 0.25) is 0 Å². The molecule has 140 valence electrons. The van der Waals surface area contributed by atoms with Crippen LogP contribution in [0.25, 0.3) is 0 Å². The average molecular weight is 355 g/mol. The summed E-state index contributed by atoms with van der Waals surface area (Å²) in [5.74, 6) is 0.131. The van der Waals surface area contributed by atoms with Gasteiger partial charge in [-0.1, -0.05) is 30.3 Å². The van der Waals surface area contributed by atoms with Gasteiger partial charge in [-0.05, 0) is 43.2 Å². The fourth-order valence-electron chi connectivity index (χ4n) is 4.38. The van der Waals surface area contributed by atoms with Crippen LogP contribution in [-0.2, 0) is 16.0 Å². The number of rotatable bonds is 5. The van der Waals surface area contributed by atoms with Crippen LogP contribution < -0.4 is 5.43 Å². The lowest BCUT2D eigenvalue weighted by molar-refractivity contribution is -0.125. The fourth-order valence-corrected chi connectivity index (χ4v) is 4.38. The first-order valence-electron chi connectivity index (χ1n) is 9.95. The summed E-state index contributed by atoms with van der Waals surface area (Å²) >= 11 is 0. The van der Waals surface area contributed by atoms with Gasteiger partial charge >= 0.3 is 0 Å². The van der Waals surface area contributed by atoms with Crippen molar-refractivity contribution in [3.8, 4) is 0 Å². The van der Waals surface area contributed by atoms with Gasteiger partial charge in [-0.3, -0.25) is 15.1 Å². The number of benzene rings is 1. The molecule has 4 rings (SSSR count). The molecule has 1 N–H and O–H groups in total. The van der Waals surface area contributed by atoms with Gasteiger partial charge in [-0.25, -0.2) is 5.01 Å². The molecule has 0 saturated carbocycles. The van der Waals surface area contributed by atoms with Crippen LogP contribution in [0.4, 0.5) is 0 Å². The van der Waals surface area contributed by atoms with Crippen LogP contribution in [0.5, 0.6) is 0 Å². The van der Waals surface area contributed by atoms with E-state index in [2.05, 4.69) is 45.7 Å². The van der Waals surface area contributed by atoms with Gasteiger partial charge in [0.2, 0.25) is 0 Å². The molecule has 0 aromatic heterocycles. The zero-order chi connectivity index (χ0) is 17.8.